The van der Waals surface area contributed by atoms with Crippen molar-refractivity contribution in [3.05, 3.63) is 0 Å². The fraction of sp³-hybridized carbons (Fsp3) is 1.00. The Labute approximate surface area is 95.0 Å². The van der Waals surface area contributed by atoms with Crippen LogP contribution in [0.2, 0.25) is 0 Å². The van der Waals surface area contributed by atoms with E-state index in [1.165, 1.54) is 38.5 Å². The fourth-order valence-electron chi connectivity index (χ4n) is 2.79. The van der Waals surface area contributed by atoms with E-state index in [9.17, 15) is 0 Å². The van der Waals surface area contributed by atoms with E-state index < -0.39 is 0 Å². The third-order valence-electron chi connectivity index (χ3n) is 4.03. The molecular weight excluding hydrogens is 184 g/mol. The molecule has 3 N–H and O–H groups in total. The Bertz CT molecular complexity index is 158. The molecule has 0 saturated heterocycles. The largest absolute Gasteiger partial charge is 0.328 e. The molecule has 0 aromatic rings. The lowest BCUT2D eigenvalue weighted by atomic mass is 9.89. The summed E-state index contributed by atoms with van der Waals surface area (Å²) in [4.78, 5) is 0. The second kappa shape index (κ2) is 6.49. The molecule has 1 aliphatic carbocycles. The Morgan fingerprint density at radius 3 is 2.13 bits per heavy atom. The van der Waals surface area contributed by atoms with Gasteiger partial charge in [-0.15, -0.1) is 0 Å². The lowest BCUT2D eigenvalue weighted by Crippen LogP contribution is -2.44. The molecule has 1 fully saturated rings. The van der Waals surface area contributed by atoms with Gasteiger partial charge in [-0.2, -0.15) is 0 Å². The van der Waals surface area contributed by atoms with E-state index in [1.54, 1.807) is 0 Å². The molecule has 0 heterocycles. The van der Waals surface area contributed by atoms with Crippen LogP contribution >= 0.6 is 0 Å². The topological polar surface area (TPSA) is 38.0 Å². The quantitative estimate of drug-likeness (QED) is 0.735. The summed E-state index contributed by atoms with van der Waals surface area (Å²) in [7, 11) is 0. The minimum Gasteiger partial charge on any atom is -0.328 e. The first-order valence-electron chi connectivity index (χ1n) is 6.69. The third-order valence-corrected chi connectivity index (χ3v) is 4.03. The van der Waals surface area contributed by atoms with Gasteiger partial charge in [0.15, 0.2) is 0 Å². The molecule has 1 unspecified atom stereocenters. The molecular formula is C13H28N2. The van der Waals surface area contributed by atoms with Crippen LogP contribution in [0.4, 0.5) is 0 Å². The van der Waals surface area contributed by atoms with Crippen molar-refractivity contribution in [2.24, 2.45) is 11.7 Å². The Balaban J connectivity index is 2.28. The van der Waals surface area contributed by atoms with Crippen molar-refractivity contribution in [3.63, 3.8) is 0 Å². The molecule has 2 nitrogen and oxygen atoms in total. The molecule has 1 saturated carbocycles. The van der Waals surface area contributed by atoms with Gasteiger partial charge in [0.25, 0.3) is 0 Å². The van der Waals surface area contributed by atoms with E-state index in [0.29, 0.717) is 12.1 Å². The van der Waals surface area contributed by atoms with Gasteiger partial charge >= 0.3 is 0 Å². The van der Waals surface area contributed by atoms with Gasteiger partial charge in [0.2, 0.25) is 0 Å². The normalized spacial score (nSPS) is 29.4. The molecule has 0 bridgehead atoms. The minimum absolute atomic E-state index is 0.464. The van der Waals surface area contributed by atoms with Crippen molar-refractivity contribution in [1.82, 2.24) is 5.32 Å². The summed E-state index contributed by atoms with van der Waals surface area (Å²) in [5.74, 6) is 0.834. The molecule has 1 aliphatic rings. The van der Waals surface area contributed by atoms with Crippen molar-refractivity contribution >= 4 is 0 Å². The summed E-state index contributed by atoms with van der Waals surface area (Å²) in [5.41, 5.74) is 5.91. The van der Waals surface area contributed by atoms with Crippen LogP contribution in [0.1, 0.15) is 59.3 Å². The zero-order valence-electron chi connectivity index (χ0n) is 10.6. The lowest BCUT2D eigenvalue weighted by molar-refractivity contribution is 0.270. The number of hydrogen-bond donors (Lipinski definition) is 2. The van der Waals surface area contributed by atoms with E-state index in [0.717, 1.165) is 12.0 Å². The summed E-state index contributed by atoms with van der Waals surface area (Å²) < 4.78 is 0. The van der Waals surface area contributed by atoms with Crippen molar-refractivity contribution in [1.29, 1.82) is 0 Å². The van der Waals surface area contributed by atoms with Crippen molar-refractivity contribution in [3.8, 4) is 0 Å². The Morgan fingerprint density at radius 1 is 1.13 bits per heavy atom. The zero-order chi connectivity index (χ0) is 11.3. The van der Waals surface area contributed by atoms with Gasteiger partial charge < -0.3 is 11.1 Å². The Kier molecular flexibility index (Phi) is 5.62. The standard InChI is InChI=1S/C13H28N2/c1-4-11(5-2)10(3)15-13-8-6-12(14)7-9-13/h10-13,15H,4-9,14H2,1-3H3. The average Bonchev–Trinajstić information content (AvgIpc) is 2.23. The molecule has 15 heavy (non-hydrogen) atoms. The highest BCUT2D eigenvalue weighted by Crippen LogP contribution is 2.20. The number of hydrogen-bond acceptors (Lipinski definition) is 2. The predicted octanol–water partition coefficient (Wildman–Crippen LogP) is 2.67. The molecule has 0 aromatic heterocycles. The maximum Gasteiger partial charge on any atom is 0.00708 e. The van der Waals surface area contributed by atoms with E-state index in [4.69, 9.17) is 5.73 Å². The number of rotatable bonds is 5. The molecule has 0 spiro atoms. The van der Waals surface area contributed by atoms with Crippen LogP contribution in [0.5, 0.6) is 0 Å². The monoisotopic (exact) mass is 212 g/mol. The van der Waals surface area contributed by atoms with Gasteiger partial charge in [-0.3, -0.25) is 0 Å². The molecule has 0 aliphatic heterocycles. The van der Waals surface area contributed by atoms with Gasteiger partial charge in [0.05, 0.1) is 0 Å². The molecule has 0 radical (unpaired) electrons. The maximum absolute atomic E-state index is 5.91. The highest BCUT2D eigenvalue weighted by Gasteiger charge is 2.22. The first-order valence-corrected chi connectivity index (χ1v) is 6.69. The van der Waals surface area contributed by atoms with Gasteiger partial charge in [-0.1, -0.05) is 26.7 Å². The molecule has 1 rings (SSSR count). The van der Waals surface area contributed by atoms with Crippen LogP contribution in [0.3, 0.4) is 0 Å². The van der Waals surface area contributed by atoms with Crippen molar-refractivity contribution in [2.45, 2.75) is 77.4 Å². The number of nitrogens with one attached hydrogen (secondary N) is 1. The third kappa shape index (κ3) is 4.12. The SMILES string of the molecule is CCC(CC)C(C)NC1CCC(N)CC1. The summed E-state index contributed by atoms with van der Waals surface area (Å²) in [6.07, 6.45) is 7.52. The average molecular weight is 212 g/mol. The highest BCUT2D eigenvalue weighted by atomic mass is 15.0. The van der Waals surface area contributed by atoms with Crippen LogP contribution in [0.15, 0.2) is 0 Å². The van der Waals surface area contributed by atoms with E-state index >= 15 is 0 Å². The van der Waals surface area contributed by atoms with Gasteiger partial charge in [-0.05, 0) is 38.5 Å². The second-order valence-corrected chi connectivity index (χ2v) is 5.14. The molecule has 0 amide bonds. The van der Waals surface area contributed by atoms with Crippen LogP contribution in [0.25, 0.3) is 0 Å². The summed E-state index contributed by atoms with van der Waals surface area (Å²) in [5, 5.41) is 3.79. The Hall–Kier alpha value is -0.0800. The minimum atomic E-state index is 0.464. The summed E-state index contributed by atoms with van der Waals surface area (Å²) >= 11 is 0. The van der Waals surface area contributed by atoms with E-state index in [2.05, 4.69) is 26.1 Å². The van der Waals surface area contributed by atoms with Gasteiger partial charge in [0, 0.05) is 18.1 Å². The van der Waals surface area contributed by atoms with Gasteiger partial charge in [-0.25, -0.2) is 0 Å². The smallest absolute Gasteiger partial charge is 0.00708 e. The second-order valence-electron chi connectivity index (χ2n) is 5.14. The predicted molar refractivity (Wildman–Crippen MR) is 66.9 cm³/mol. The van der Waals surface area contributed by atoms with Gasteiger partial charge in [0.1, 0.15) is 0 Å². The van der Waals surface area contributed by atoms with Crippen LogP contribution in [0, 0.1) is 5.92 Å². The molecule has 1 atom stereocenters. The first-order chi connectivity index (χ1) is 7.17. The number of nitrogens with two attached hydrogens (primary N) is 1. The van der Waals surface area contributed by atoms with Crippen LogP contribution in [-0.4, -0.2) is 18.1 Å². The highest BCUT2D eigenvalue weighted by molar-refractivity contribution is 4.82. The first kappa shape index (κ1) is 13.0. The molecule has 0 aromatic carbocycles. The van der Waals surface area contributed by atoms with E-state index in [-0.39, 0.29) is 0 Å². The summed E-state index contributed by atoms with van der Waals surface area (Å²) in [6, 6.07) is 1.85. The van der Waals surface area contributed by atoms with Crippen LogP contribution < -0.4 is 11.1 Å². The van der Waals surface area contributed by atoms with Crippen molar-refractivity contribution in [2.75, 3.05) is 0 Å². The van der Waals surface area contributed by atoms with Crippen LogP contribution in [-0.2, 0) is 0 Å². The maximum atomic E-state index is 5.91. The molecule has 2 heteroatoms. The molecule has 90 valence electrons. The zero-order valence-corrected chi connectivity index (χ0v) is 10.6. The Morgan fingerprint density at radius 2 is 1.67 bits per heavy atom. The van der Waals surface area contributed by atoms with E-state index in [1.807, 2.05) is 0 Å². The summed E-state index contributed by atoms with van der Waals surface area (Å²) in [6.45, 7) is 6.93. The fourth-order valence-corrected chi connectivity index (χ4v) is 2.79. The lowest BCUT2D eigenvalue weighted by Gasteiger charge is -2.32. The van der Waals surface area contributed by atoms with Crippen molar-refractivity contribution < 1.29 is 0 Å².